The van der Waals surface area contributed by atoms with Gasteiger partial charge < -0.3 is 5.11 Å². The summed E-state index contributed by atoms with van der Waals surface area (Å²) in [5, 5.41) is 8.41. The van der Waals surface area contributed by atoms with Crippen LogP contribution in [-0.2, 0) is 4.79 Å². The molecule has 0 aliphatic rings. The Balaban J connectivity index is 3.14. The van der Waals surface area contributed by atoms with Crippen LogP contribution in [0.5, 0.6) is 0 Å². The van der Waals surface area contributed by atoms with Gasteiger partial charge in [0.1, 0.15) is 0 Å². The number of carboxylic acids is 1. The van der Waals surface area contributed by atoms with E-state index in [0.29, 0.717) is 0 Å². The van der Waals surface area contributed by atoms with Crippen molar-refractivity contribution in [2.45, 2.75) is 77.6 Å². The van der Waals surface area contributed by atoms with Crippen LogP contribution >= 0.6 is 0 Å². The molecule has 108 valence electrons. The molecule has 0 atom stereocenters. The van der Waals surface area contributed by atoms with Gasteiger partial charge in [-0.2, -0.15) is 0 Å². The van der Waals surface area contributed by atoms with Crippen molar-refractivity contribution in [3.63, 3.8) is 0 Å². The van der Waals surface area contributed by atoms with Crippen molar-refractivity contribution >= 4 is 5.97 Å². The number of carboxylic acid groups (broad SMARTS) is 1. The van der Waals surface area contributed by atoms with Crippen molar-refractivity contribution < 1.29 is 9.90 Å². The Morgan fingerprint density at radius 3 is 2.16 bits per heavy atom. The van der Waals surface area contributed by atoms with E-state index in [1.54, 1.807) is 6.08 Å². The zero-order valence-electron chi connectivity index (χ0n) is 12.3. The van der Waals surface area contributed by atoms with E-state index in [1.165, 1.54) is 51.0 Å². The summed E-state index contributed by atoms with van der Waals surface area (Å²) in [6.45, 7) is 2.19. The van der Waals surface area contributed by atoms with Crippen LogP contribution in [0.3, 0.4) is 0 Å². The van der Waals surface area contributed by atoms with Crippen LogP contribution in [0.25, 0.3) is 0 Å². The van der Waals surface area contributed by atoms with E-state index in [-0.39, 0.29) is 0 Å². The number of carbonyl (C=O) groups is 1. The Kier molecular flexibility index (Phi) is 13.9. The van der Waals surface area contributed by atoms with Crippen LogP contribution in [0.1, 0.15) is 77.6 Å². The summed E-state index contributed by atoms with van der Waals surface area (Å²) in [4.78, 5) is 10.2. The van der Waals surface area contributed by atoms with Gasteiger partial charge in [-0.25, -0.2) is 4.79 Å². The normalized spacial score (nSPS) is 10.4. The standard InChI is InChI=1S/C17H28O2/c1-2-3-4-5-6-7-8-9-10-11-12-13-14-15-16-17(18)19/h15-16H,2-4,7-14H2,1H3,(H,18,19)/b16-15+. The molecule has 0 heterocycles. The molecule has 2 nitrogen and oxygen atoms in total. The molecule has 0 amide bonds. The highest BCUT2D eigenvalue weighted by atomic mass is 16.4. The minimum atomic E-state index is -0.847. The van der Waals surface area contributed by atoms with Crippen LogP contribution in [0.15, 0.2) is 12.2 Å². The Hall–Kier alpha value is -1.23. The Bertz CT molecular complexity index is 294. The largest absolute Gasteiger partial charge is 0.478 e. The third kappa shape index (κ3) is 16.8. The van der Waals surface area contributed by atoms with E-state index < -0.39 is 5.97 Å². The first-order chi connectivity index (χ1) is 9.27. The molecule has 0 rings (SSSR count). The molecule has 0 aliphatic carbocycles. The Morgan fingerprint density at radius 1 is 0.947 bits per heavy atom. The smallest absolute Gasteiger partial charge is 0.327 e. The first-order valence-electron chi connectivity index (χ1n) is 7.62. The highest BCUT2D eigenvalue weighted by Crippen LogP contribution is 2.08. The predicted octanol–water partition coefficient (Wildman–Crippen LogP) is 4.94. The zero-order valence-corrected chi connectivity index (χ0v) is 12.3. The molecule has 0 bridgehead atoms. The first kappa shape index (κ1) is 17.8. The van der Waals surface area contributed by atoms with E-state index in [0.717, 1.165) is 25.7 Å². The highest BCUT2D eigenvalue weighted by molar-refractivity contribution is 5.79. The number of allylic oxidation sites excluding steroid dienone is 1. The fraction of sp³-hybridized carbons (Fsp3) is 0.706. The summed E-state index contributed by atoms with van der Waals surface area (Å²) in [5.74, 6) is 5.60. The van der Waals surface area contributed by atoms with E-state index in [9.17, 15) is 4.79 Å². The summed E-state index contributed by atoms with van der Waals surface area (Å²) in [6, 6.07) is 0. The second kappa shape index (κ2) is 14.8. The maximum absolute atomic E-state index is 10.2. The fourth-order valence-electron chi connectivity index (χ4n) is 1.81. The van der Waals surface area contributed by atoms with E-state index in [2.05, 4.69) is 18.8 Å². The maximum Gasteiger partial charge on any atom is 0.327 e. The van der Waals surface area contributed by atoms with E-state index >= 15 is 0 Å². The molecule has 0 radical (unpaired) electrons. The molecule has 2 heteroatoms. The SMILES string of the molecule is CCCCC#CCCCCCCCC/C=C/C(=O)O. The lowest BCUT2D eigenvalue weighted by molar-refractivity contribution is -0.131. The van der Waals surface area contributed by atoms with Crippen LogP contribution in [0.4, 0.5) is 0 Å². The van der Waals surface area contributed by atoms with Crippen molar-refractivity contribution in [2.75, 3.05) is 0 Å². The minimum absolute atomic E-state index is 0.847. The molecule has 0 spiro atoms. The molecule has 19 heavy (non-hydrogen) atoms. The maximum atomic E-state index is 10.2. The summed E-state index contributed by atoms with van der Waals surface area (Å²) < 4.78 is 0. The van der Waals surface area contributed by atoms with Gasteiger partial charge in [-0.15, -0.1) is 11.8 Å². The lowest BCUT2D eigenvalue weighted by atomic mass is 10.1. The van der Waals surface area contributed by atoms with Crippen molar-refractivity contribution in [1.82, 2.24) is 0 Å². The summed E-state index contributed by atoms with van der Waals surface area (Å²) >= 11 is 0. The summed E-state index contributed by atoms with van der Waals surface area (Å²) in [5.41, 5.74) is 0. The lowest BCUT2D eigenvalue weighted by Crippen LogP contribution is -1.85. The quantitative estimate of drug-likeness (QED) is 0.326. The van der Waals surface area contributed by atoms with Gasteiger partial charge in [0.05, 0.1) is 0 Å². The van der Waals surface area contributed by atoms with Crippen LogP contribution in [0.2, 0.25) is 0 Å². The Morgan fingerprint density at radius 2 is 1.53 bits per heavy atom. The molecular formula is C17H28O2. The van der Waals surface area contributed by atoms with Gasteiger partial charge in [-0.1, -0.05) is 45.1 Å². The minimum Gasteiger partial charge on any atom is -0.478 e. The molecule has 0 aliphatic heterocycles. The van der Waals surface area contributed by atoms with Gasteiger partial charge >= 0.3 is 5.97 Å². The van der Waals surface area contributed by atoms with Crippen LogP contribution in [-0.4, -0.2) is 11.1 Å². The predicted molar refractivity (Wildman–Crippen MR) is 81.0 cm³/mol. The van der Waals surface area contributed by atoms with Gasteiger partial charge in [0.25, 0.3) is 0 Å². The van der Waals surface area contributed by atoms with Crippen molar-refractivity contribution in [3.05, 3.63) is 12.2 Å². The van der Waals surface area contributed by atoms with Crippen LogP contribution in [0, 0.1) is 11.8 Å². The molecule has 1 N–H and O–H groups in total. The van der Waals surface area contributed by atoms with Crippen molar-refractivity contribution in [3.8, 4) is 11.8 Å². The van der Waals surface area contributed by atoms with Gasteiger partial charge in [0.15, 0.2) is 0 Å². The monoisotopic (exact) mass is 264 g/mol. The van der Waals surface area contributed by atoms with Crippen molar-refractivity contribution in [2.24, 2.45) is 0 Å². The number of hydrogen-bond donors (Lipinski definition) is 1. The average molecular weight is 264 g/mol. The lowest BCUT2D eigenvalue weighted by Gasteiger charge is -1.98. The third-order valence-electron chi connectivity index (χ3n) is 2.96. The first-order valence-corrected chi connectivity index (χ1v) is 7.62. The second-order valence-electron chi connectivity index (χ2n) is 4.86. The third-order valence-corrected chi connectivity index (χ3v) is 2.96. The number of aliphatic carboxylic acids is 1. The second-order valence-corrected chi connectivity index (χ2v) is 4.86. The highest BCUT2D eigenvalue weighted by Gasteiger charge is 1.90. The summed E-state index contributed by atoms with van der Waals surface area (Å²) in [6.07, 6.45) is 15.7. The van der Waals surface area contributed by atoms with Gasteiger partial charge in [-0.05, 0) is 25.7 Å². The molecule has 0 saturated heterocycles. The number of rotatable bonds is 11. The number of unbranched alkanes of at least 4 members (excludes halogenated alkanes) is 9. The molecule has 0 saturated carbocycles. The van der Waals surface area contributed by atoms with Crippen molar-refractivity contribution in [1.29, 1.82) is 0 Å². The zero-order chi connectivity index (χ0) is 14.2. The topological polar surface area (TPSA) is 37.3 Å². The molecule has 0 fully saturated rings. The molecule has 0 aromatic carbocycles. The van der Waals surface area contributed by atoms with E-state index in [1.807, 2.05) is 0 Å². The number of hydrogen-bond acceptors (Lipinski definition) is 1. The Labute approximate surface area is 118 Å². The molecule has 0 aromatic rings. The van der Waals surface area contributed by atoms with Gasteiger partial charge in [0.2, 0.25) is 0 Å². The molecule has 0 unspecified atom stereocenters. The molecular weight excluding hydrogens is 236 g/mol. The summed E-state index contributed by atoms with van der Waals surface area (Å²) in [7, 11) is 0. The van der Waals surface area contributed by atoms with Gasteiger partial charge in [0, 0.05) is 18.9 Å². The fourth-order valence-corrected chi connectivity index (χ4v) is 1.81. The van der Waals surface area contributed by atoms with E-state index in [4.69, 9.17) is 5.11 Å². The van der Waals surface area contributed by atoms with Gasteiger partial charge in [-0.3, -0.25) is 0 Å². The van der Waals surface area contributed by atoms with Crippen LogP contribution < -0.4 is 0 Å². The molecule has 0 aromatic heterocycles. The average Bonchev–Trinajstić information content (AvgIpc) is 2.39.